The van der Waals surface area contributed by atoms with E-state index in [0.29, 0.717) is 35.4 Å². The molecule has 1 aromatic carbocycles. The van der Waals surface area contributed by atoms with Crippen molar-refractivity contribution in [3.63, 3.8) is 0 Å². The average molecular weight is 530 g/mol. The molecule has 4 rings (SSSR count). The first-order chi connectivity index (χ1) is 17.8. The maximum atomic E-state index is 13.7. The number of carbonyl (C=O) groups is 2. The van der Waals surface area contributed by atoms with Crippen LogP contribution in [0.25, 0.3) is 16.7 Å². The fraction of sp³-hybridized carbons (Fsp3) is 0.483. The Bertz CT molecular complexity index is 1350. The van der Waals surface area contributed by atoms with E-state index in [0.717, 1.165) is 36.1 Å². The van der Waals surface area contributed by atoms with Gasteiger partial charge in [0, 0.05) is 36.3 Å². The molecule has 2 aromatic heterocycles. The zero-order valence-corrected chi connectivity index (χ0v) is 22.5. The molecule has 0 N–H and O–H groups in total. The molecule has 3 aromatic rings. The third-order valence-corrected chi connectivity index (χ3v) is 6.56. The molecule has 0 unspecified atom stereocenters. The molecule has 38 heavy (non-hydrogen) atoms. The van der Waals surface area contributed by atoms with E-state index in [9.17, 15) is 22.8 Å². The summed E-state index contributed by atoms with van der Waals surface area (Å²) in [5.74, 6) is -0.494. The van der Waals surface area contributed by atoms with Gasteiger partial charge in [0.1, 0.15) is 11.2 Å². The topological polar surface area (TPSA) is 64.4 Å². The largest absolute Gasteiger partial charge is 0.460 e. The Morgan fingerprint density at radius 1 is 1.08 bits per heavy atom. The maximum Gasteiger partial charge on any atom is 0.416 e. The molecule has 0 aliphatic heterocycles. The van der Waals surface area contributed by atoms with Crippen molar-refractivity contribution in [2.45, 2.75) is 78.6 Å². The second-order valence-electron chi connectivity index (χ2n) is 10.8. The molecular formula is C29H34F3N3O3. The van der Waals surface area contributed by atoms with Gasteiger partial charge >= 0.3 is 12.1 Å². The third kappa shape index (κ3) is 6.19. The Hall–Kier alpha value is -3.36. The van der Waals surface area contributed by atoms with Gasteiger partial charge in [-0.2, -0.15) is 13.2 Å². The van der Waals surface area contributed by atoms with Crippen molar-refractivity contribution >= 4 is 22.9 Å². The van der Waals surface area contributed by atoms with E-state index in [2.05, 4.69) is 0 Å². The number of fused-ring (bicyclic) bond motifs is 1. The Morgan fingerprint density at radius 3 is 2.37 bits per heavy atom. The molecule has 1 amide bonds. The zero-order valence-electron chi connectivity index (χ0n) is 22.5. The molecule has 1 aliphatic rings. The van der Waals surface area contributed by atoms with Crippen molar-refractivity contribution in [2.75, 3.05) is 6.54 Å². The van der Waals surface area contributed by atoms with Gasteiger partial charge in [-0.15, -0.1) is 0 Å². The van der Waals surface area contributed by atoms with Crippen LogP contribution in [0.4, 0.5) is 13.2 Å². The highest BCUT2D eigenvalue weighted by Crippen LogP contribution is 2.35. The summed E-state index contributed by atoms with van der Waals surface area (Å²) in [5.41, 5.74) is 1.44. The Balaban J connectivity index is 1.85. The molecule has 1 saturated carbocycles. The SMILES string of the molecule is CCc1ccc2c(CC(=O)OC(C)(C)C)cn(-c3ccc(C(F)(F)F)cc3CN(CC)C(=O)C3CC3)c2n1. The van der Waals surface area contributed by atoms with Gasteiger partial charge in [0.15, 0.2) is 0 Å². The smallest absolute Gasteiger partial charge is 0.416 e. The standard InChI is InChI=1S/C29H34F3N3O3/c1-6-22-11-12-23-19(15-25(36)38-28(3,4)5)17-35(26(23)33-22)24-13-10-21(29(30,31)32)14-20(24)16-34(7-2)27(37)18-8-9-18/h10-14,17-18H,6-9,15-16H2,1-5H3. The highest BCUT2D eigenvalue weighted by Gasteiger charge is 2.35. The molecule has 204 valence electrons. The van der Waals surface area contributed by atoms with Crippen molar-refractivity contribution in [1.82, 2.24) is 14.5 Å². The average Bonchev–Trinajstić information content (AvgIpc) is 3.63. The number of hydrogen-bond donors (Lipinski definition) is 0. The van der Waals surface area contributed by atoms with E-state index in [1.165, 1.54) is 6.07 Å². The molecule has 1 aliphatic carbocycles. The van der Waals surface area contributed by atoms with Crippen molar-refractivity contribution < 1.29 is 27.5 Å². The molecule has 2 heterocycles. The van der Waals surface area contributed by atoms with Crippen molar-refractivity contribution in [3.05, 3.63) is 58.9 Å². The first kappa shape index (κ1) is 27.7. The molecule has 0 bridgehead atoms. The summed E-state index contributed by atoms with van der Waals surface area (Å²) in [6.07, 6.45) is -0.506. The number of aromatic nitrogens is 2. The molecule has 9 heteroatoms. The van der Waals surface area contributed by atoms with Crippen LogP contribution in [0.5, 0.6) is 0 Å². The van der Waals surface area contributed by atoms with E-state index >= 15 is 0 Å². The summed E-state index contributed by atoms with van der Waals surface area (Å²) in [4.78, 5) is 31.9. The third-order valence-electron chi connectivity index (χ3n) is 6.56. The molecule has 0 atom stereocenters. The first-order valence-electron chi connectivity index (χ1n) is 13.0. The van der Waals surface area contributed by atoms with E-state index < -0.39 is 23.3 Å². The van der Waals surface area contributed by atoms with Gasteiger partial charge in [0.05, 0.1) is 17.7 Å². The summed E-state index contributed by atoms with van der Waals surface area (Å²) in [6, 6.07) is 7.34. The second-order valence-corrected chi connectivity index (χ2v) is 10.8. The molecule has 6 nitrogen and oxygen atoms in total. The molecule has 1 fully saturated rings. The Kier molecular flexibility index (Phi) is 7.59. The molecular weight excluding hydrogens is 495 g/mol. The summed E-state index contributed by atoms with van der Waals surface area (Å²) in [6.45, 7) is 9.60. The number of nitrogens with zero attached hydrogens (tertiary/aromatic N) is 3. The predicted octanol–water partition coefficient (Wildman–Crippen LogP) is 6.25. The van der Waals surface area contributed by atoms with E-state index in [1.807, 2.05) is 26.0 Å². The molecule has 0 radical (unpaired) electrons. The Morgan fingerprint density at radius 2 is 1.79 bits per heavy atom. The van der Waals surface area contributed by atoms with E-state index in [1.54, 1.807) is 36.4 Å². The number of esters is 1. The second kappa shape index (κ2) is 10.4. The minimum absolute atomic E-state index is 0.00879. The molecule has 0 spiro atoms. The van der Waals surface area contributed by atoms with Crippen LogP contribution < -0.4 is 0 Å². The van der Waals surface area contributed by atoms with Crippen LogP contribution in [0.1, 0.15) is 69.8 Å². The summed E-state index contributed by atoms with van der Waals surface area (Å²) in [7, 11) is 0. The number of rotatable bonds is 8. The van der Waals surface area contributed by atoms with Gasteiger partial charge < -0.3 is 14.2 Å². The van der Waals surface area contributed by atoms with Gasteiger partial charge in [0.25, 0.3) is 0 Å². The van der Waals surface area contributed by atoms with E-state index in [-0.39, 0.29) is 24.8 Å². The van der Waals surface area contributed by atoms with Crippen LogP contribution in [0.3, 0.4) is 0 Å². The number of pyridine rings is 1. The van der Waals surface area contributed by atoms with Crippen LogP contribution in [0, 0.1) is 5.92 Å². The quantitative estimate of drug-likeness (QED) is 0.324. The van der Waals surface area contributed by atoms with Gasteiger partial charge in [-0.1, -0.05) is 6.92 Å². The fourth-order valence-electron chi connectivity index (χ4n) is 4.53. The monoisotopic (exact) mass is 529 g/mol. The lowest BCUT2D eigenvalue weighted by Crippen LogP contribution is -2.32. The number of benzene rings is 1. The number of alkyl halides is 3. The highest BCUT2D eigenvalue weighted by atomic mass is 19.4. The number of ether oxygens (including phenoxy) is 1. The van der Waals surface area contributed by atoms with Gasteiger partial charge in [-0.3, -0.25) is 9.59 Å². The molecule has 0 saturated heterocycles. The van der Waals surface area contributed by atoms with Crippen molar-refractivity contribution in [2.24, 2.45) is 5.92 Å². The van der Waals surface area contributed by atoms with Crippen LogP contribution in [0.15, 0.2) is 36.5 Å². The van der Waals surface area contributed by atoms with Crippen LogP contribution in [-0.2, 0) is 39.9 Å². The predicted molar refractivity (Wildman–Crippen MR) is 139 cm³/mol. The zero-order chi connectivity index (χ0) is 27.8. The lowest BCUT2D eigenvalue weighted by atomic mass is 10.1. The fourth-order valence-corrected chi connectivity index (χ4v) is 4.53. The number of amides is 1. The number of halogens is 3. The van der Waals surface area contributed by atoms with Gasteiger partial charge in [-0.25, -0.2) is 4.98 Å². The maximum absolute atomic E-state index is 13.7. The summed E-state index contributed by atoms with van der Waals surface area (Å²) in [5, 5.41) is 0.723. The highest BCUT2D eigenvalue weighted by molar-refractivity contribution is 5.87. The lowest BCUT2D eigenvalue weighted by Gasteiger charge is -2.24. The van der Waals surface area contributed by atoms with Crippen molar-refractivity contribution in [1.29, 1.82) is 0 Å². The minimum atomic E-state index is -4.53. The number of aryl methyl sites for hydroxylation is 1. The van der Waals surface area contributed by atoms with Gasteiger partial charge in [0.2, 0.25) is 5.91 Å². The van der Waals surface area contributed by atoms with Crippen molar-refractivity contribution in [3.8, 4) is 5.69 Å². The summed E-state index contributed by atoms with van der Waals surface area (Å²) < 4.78 is 48.4. The van der Waals surface area contributed by atoms with Crippen LogP contribution in [0.2, 0.25) is 0 Å². The van der Waals surface area contributed by atoms with Crippen LogP contribution in [-0.4, -0.2) is 38.5 Å². The summed E-state index contributed by atoms with van der Waals surface area (Å²) >= 11 is 0. The van der Waals surface area contributed by atoms with E-state index in [4.69, 9.17) is 9.72 Å². The minimum Gasteiger partial charge on any atom is -0.460 e. The number of hydrogen-bond acceptors (Lipinski definition) is 4. The normalized spacial score (nSPS) is 14.1. The first-order valence-corrected chi connectivity index (χ1v) is 13.0. The number of carbonyl (C=O) groups excluding carboxylic acids is 2. The van der Waals surface area contributed by atoms with Crippen LogP contribution >= 0.6 is 0 Å². The lowest BCUT2D eigenvalue weighted by molar-refractivity contribution is -0.154. The van der Waals surface area contributed by atoms with Gasteiger partial charge in [-0.05, 0) is 88.4 Å². The Labute approximate surface area is 220 Å².